The molecule has 2 unspecified atom stereocenters. The van der Waals surface area contributed by atoms with Crippen LogP contribution in [0.15, 0.2) is 35.4 Å². The number of aryl methyl sites for hydroxylation is 1. The molecule has 6 nitrogen and oxygen atoms in total. The number of aromatic nitrogens is 3. The van der Waals surface area contributed by atoms with Crippen LogP contribution in [0.25, 0.3) is 0 Å². The van der Waals surface area contributed by atoms with Crippen molar-refractivity contribution < 1.29 is 18.0 Å². The van der Waals surface area contributed by atoms with Gasteiger partial charge in [-0.25, -0.2) is 9.48 Å². The minimum Gasteiger partial charge on any atom is -0.351 e. The van der Waals surface area contributed by atoms with Gasteiger partial charge >= 0.3 is 11.9 Å². The van der Waals surface area contributed by atoms with Crippen molar-refractivity contribution in [3.8, 4) is 0 Å². The molecule has 1 saturated carbocycles. The van der Waals surface area contributed by atoms with Crippen molar-refractivity contribution in [1.29, 1.82) is 0 Å². The van der Waals surface area contributed by atoms with Crippen LogP contribution in [0.4, 0.5) is 13.2 Å². The van der Waals surface area contributed by atoms with Gasteiger partial charge in [-0.1, -0.05) is 18.2 Å². The third-order valence-corrected chi connectivity index (χ3v) is 3.98. The summed E-state index contributed by atoms with van der Waals surface area (Å²) in [4.78, 5) is 23.5. The molecule has 0 aliphatic heterocycles. The number of nitrogens with zero attached hydrogens (tertiary/aromatic N) is 3. The Balaban J connectivity index is 1.65. The Kier molecular flexibility index (Phi) is 3.94. The highest BCUT2D eigenvalue weighted by molar-refractivity contribution is 5.76. The Hall–Kier alpha value is -2.58. The SMILES string of the molecule is Cn1cnn(CC(=O)NC2CC2c2ccccc2C(F)(F)F)c1=O. The van der Waals surface area contributed by atoms with Crippen molar-refractivity contribution in [3.63, 3.8) is 0 Å². The molecule has 1 amide bonds. The van der Waals surface area contributed by atoms with Crippen LogP contribution in [-0.4, -0.2) is 26.3 Å². The van der Waals surface area contributed by atoms with Crippen molar-refractivity contribution in [2.45, 2.75) is 31.1 Å². The highest BCUT2D eigenvalue weighted by Crippen LogP contribution is 2.46. The summed E-state index contributed by atoms with van der Waals surface area (Å²) in [6.07, 6.45) is -2.69. The van der Waals surface area contributed by atoms with Crippen LogP contribution >= 0.6 is 0 Å². The van der Waals surface area contributed by atoms with Gasteiger partial charge in [0.25, 0.3) is 0 Å². The number of halogens is 3. The number of amides is 1. The zero-order chi connectivity index (χ0) is 17.5. The first-order chi connectivity index (χ1) is 11.3. The molecule has 9 heteroatoms. The van der Waals surface area contributed by atoms with E-state index in [0.717, 1.165) is 10.7 Å². The van der Waals surface area contributed by atoms with Gasteiger partial charge in [0.05, 0.1) is 5.56 Å². The second-order valence-corrected chi connectivity index (χ2v) is 5.78. The van der Waals surface area contributed by atoms with Crippen molar-refractivity contribution in [1.82, 2.24) is 19.7 Å². The Bertz CT molecular complexity index is 825. The highest BCUT2D eigenvalue weighted by atomic mass is 19.4. The number of nitrogens with one attached hydrogen (secondary N) is 1. The number of hydrogen-bond acceptors (Lipinski definition) is 3. The normalized spacial score (nSPS) is 20.0. The van der Waals surface area contributed by atoms with Crippen LogP contribution in [0, 0.1) is 0 Å². The maximum Gasteiger partial charge on any atom is 0.416 e. The van der Waals surface area contributed by atoms with Gasteiger partial charge in [-0.15, -0.1) is 0 Å². The minimum atomic E-state index is -4.42. The summed E-state index contributed by atoms with van der Waals surface area (Å²) in [5.41, 5.74) is -0.919. The Morgan fingerprint density at radius 3 is 2.71 bits per heavy atom. The average Bonchev–Trinajstić information content (AvgIpc) is 3.21. The van der Waals surface area contributed by atoms with Gasteiger partial charge in [0.15, 0.2) is 0 Å². The number of rotatable bonds is 4. The van der Waals surface area contributed by atoms with E-state index in [4.69, 9.17) is 0 Å². The molecule has 0 spiro atoms. The van der Waals surface area contributed by atoms with Gasteiger partial charge in [0.2, 0.25) is 5.91 Å². The fourth-order valence-electron chi connectivity index (χ4n) is 2.69. The molecule has 1 fully saturated rings. The first kappa shape index (κ1) is 16.3. The van der Waals surface area contributed by atoms with Crippen LogP contribution in [0.5, 0.6) is 0 Å². The molecule has 1 aromatic heterocycles. The Morgan fingerprint density at radius 2 is 2.08 bits per heavy atom. The van der Waals surface area contributed by atoms with Crippen molar-refractivity contribution in [3.05, 3.63) is 52.2 Å². The molecule has 2 aromatic rings. The lowest BCUT2D eigenvalue weighted by Crippen LogP contribution is -2.34. The van der Waals surface area contributed by atoms with E-state index in [2.05, 4.69) is 10.4 Å². The zero-order valence-electron chi connectivity index (χ0n) is 12.7. The molecule has 1 aromatic carbocycles. The quantitative estimate of drug-likeness (QED) is 0.911. The van der Waals surface area contributed by atoms with Crippen molar-refractivity contribution >= 4 is 5.91 Å². The third-order valence-electron chi connectivity index (χ3n) is 3.98. The fraction of sp³-hybridized carbons (Fsp3) is 0.400. The van der Waals surface area contributed by atoms with Gasteiger partial charge in [0, 0.05) is 19.0 Å². The van der Waals surface area contributed by atoms with Crippen LogP contribution in [-0.2, 0) is 24.6 Å². The summed E-state index contributed by atoms with van der Waals surface area (Å²) in [5.74, 6) is -0.819. The molecule has 24 heavy (non-hydrogen) atoms. The molecular weight excluding hydrogens is 325 g/mol. The number of hydrogen-bond donors (Lipinski definition) is 1. The summed E-state index contributed by atoms with van der Waals surface area (Å²) in [7, 11) is 1.51. The smallest absolute Gasteiger partial charge is 0.351 e. The lowest BCUT2D eigenvalue weighted by molar-refractivity contribution is -0.138. The summed E-state index contributed by atoms with van der Waals surface area (Å²) in [6.45, 7) is -0.260. The van der Waals surface area contributed by atoms with Gasteiger partial charge in [-0.3, -0.25) is 9.36 Å². The summed E-state index contributed by atoms with van der Waals surface area (Å²) in [6, 6.07) is 5.01. The first-order valence-corrected chi connectivity index (χ1v) is 7.31. The van der Waals surface area contributed by atoms with Crippen LogP contribution in [0.1, 0.15) is 23.5 Å². The molecule has 0 saturated heterocycles. The van der Waals surface area contributed by atoms with Gasteiger partial charge in [0.1, 0.15) is 12.9 Å². The van der Waals surface area contributed by atoms with E-state index < -0.39 is 23.3 Å². The standard InChI is InChI=1S/C15H15F3N4O2/c1-21-8-19-22(14(21)24)7-13(23)20-12-6-10(12)9-4-2-3-5-11(9)15(16,17)18/h2-5,8,10,12H,6-7H2,1H3,(H,20,23). The van der Waals surface area contributed by atoms with E-state index in [-0.39, 0.29) is 24.1 Å². The number of benzene rings is 1. The van der Waals surface area contributed by atoms with Crippen molar-refractivity contribution in [2.75, 3.05) is 0 Å². The van der Waals surface area contributed by atoms with Crippen molar-refractivity contribution in [2.24, 2.45) is 7.05 Å². The lowest BCUT2D eigenvalue weighted by atomic mass is 10.0. The number of alkyl halides is 3. The predicted octanol–water partition coefficient (Wildman–Crippen LogP) is 1.27. The molecule has 0 bridgehead atoms. The molecule has 1 heterocycles. The van der Waals surface area contributed by atoms with E-state index in [9.17, 15) is 22.8 Å². The van der Waals surface area contributed by atoms with Crippen LogP contribution in [0.3, 0.4) is 0 Å². The molecule has 1 N–H and O–H groups in total. The largest absolute Gasteiger partial charge is 0.416 e. The molecular formula is C15H15F3N4O2. The number of carbonyl (C=O) groups is 1. The molecule has 1 aliphatic carbocycles. The summed E-state index contributed by atoms with van der Waals surface area (Å²) in [5, 5.41) is 6.41. The third kappa shape index (κ3) is 3.19. The molecule has 3 rings (SSSR count). The zero-order valence-corrected chi connectivity index (χ0v) is 12.7. The topological polar surface area (TPSA) is 68.9 Å². The summed E-state index contributed by atoms with van der Waals surface area (Å²) < 4.78 is 41.3. The van der Waals surface area contributed by atoms with E-state index in [1.807, 2.05) is 0 Å². The molecule has 0 radical (unpaired) electrons. The van der Waals surface area contributed by atoms with Gasteiger partial charge < -0.3 is 5.32 Å². The van der Waals surface area contributed by atoms with E-state index in [1.54, 1.807) is 6.07 Å². The van der Waals surface area contributed by atoms with E-state index in [0.29, 0.717) is 6.42 Å². The van der Waals surface area contributed by atoms with Crippen LogP contribution < -0.4 is 11.0 Å². The van der Waals surface area contributed by atoms with Crippen LogP contribution in [0.2, 0.25) is 0 Å². The van der Waals surface area contributed by atoms with E-state index >= 15 is 0 Å². The second kappa shape index (κ2) is 5.81. The van der Waals surface area contributed by atoms with Gasteiger partial charge in [-0.2, -0.15) is 18.3 Å². The molecule has 1 aliphatic rings. The Labute approximate surface area is 134 Å². The maximum atomic E-state index is 13.0. The van der Waals surface area contributed by atoms with E-state index in [1.165, 1.54) is 30.1 Å². The highest BCUT2D eigenvalue weighted by Gasteiger charge is 2.44. The number of carbonyl (C=O) groups excluding carboxylic acids is 1. The monoisotopic (exact) mass is 340 g/mol. The second-order valence-electron chi connectivity index (χ2n) is 5.78. The fourth-order valence-corrected chi connectivity index (χ4v) is 2.69. The minimum absolute atomic E-state index is 0.185. The summed E-state index contributed by atoms with van der Waals surface area (Å²) >= 11 is 0. The molecule has 2 atom stereocenters. The predicted molar refractivity (Wildman–Crippen MR) is 78.2 cm³/mol. The van der Waals surface area contributed by atoms with Gasteiger partial charge in [-0.05, 0) is 18.1 Å². The average molecular weight is 340 g/mol. The first-order valence-electron chi connectivity index (χ1n) is 7.31. The molecule has 128 valence electrons. The maximum absolute atomic E-state index is 13.0. The lowest BCUT2D eigenvalue weighted by Gasteiger charge is -2.12. The Morgan fingerprint density at radius 1 is 1.38 bits per heavy atom.